The number of hydrogen-bond acceptors (Lipinski definition) is 4. The van der Waals surface area contributed by atoms with Gasteiger partial charge in [0.15, 0.2) is 0 Å². The first-order valence-corrected chi connectivity index (χ1v) is 5.12. The number of carbonyl (C=O) groups is 1. The highest BCUT2D eigenvalue weighted by molar-refractivity contribution is 5.84. The molecule has 5 nitrogen and oxygen atoms in total. The van der Waals surface area contributed by atoms with Gasteiger partial charge in [0.25, 0.3) is 5.91 Å². The van der Waals surface area contributed by atoms with Crippen LogP contribution in [-0.2, 0) is 14.3 Å². The van der Waals surface area contributed by atoms with Crippen molar-refractivity contribution < 1.29 is 19.4 Å². The maximum atomic E-state index is 11.6. The molecule has 0 fully saturated rings. The maximum Gasteiger partial charge on any atom is 0.252 e. The highest BCUT2D eigenvalue weighted by atomic mass is 16.5. The monoisotopic (exact) mass is 219 g/mol. The molecule has 0 aromatic rings. The summed E-state index contributed by atoms with van der Waals surface area (Å²) in [6, 6.07) is 0. The summed E-state index contributed by atoms with van der Waals surface area (Å²) in [6.07, 6.45) is 0.618. The molecule has 15 heavy (non-hydrogen) atoms. The van der Waals surface area contributed by atoms with E-state index in [0.29, 0.717) is 26.2 Å². The van der Waals surface area contributed by atoms with E-state index in [0.717, 1.165) is 0 Å². The van der Waals surface area contributed by atoms with Crippen LogP contribution < -0.4 is 5.32 Å². The van der Waals surface area contributed by atoms with Crippen LogP contribution in [0.4, 0.5) is 0 Å². The zero-order chi connectivity index (χ0) is 11.7. The molecule has 0 heterocycles. The quantitative estimate of drug-likeness (QED) is 0.561. The van der Waals surface area contributed by atoms with Gasteiger partial charge in [-0.2, -0.15) is 0 Å². The molecule has 0 aromatic heterocycles. The van der Waals surface area contributed by atoms with Crippen LogP contribution in [0.15, 0.2) is 0 Å². The molecular formula is C10H21NO4. The molecule has 90 valence electrons. The molecule has 2 N–H and O–H groups in total. The molecule has 0 aliphatic heterocycles. The highest BCUT2D eigenvalue weighted by Gasteiger charge is 2.30. The lowest BCUT2D eigenvalue weighted by Gasteiger charge is -2.25. The number of carbonyl (C=O) groups excluding carboxylic acids is 1. The van der Waals surface area contributed by atoms with Crippen LogP contribution in [0.5, 0.6) is 0 Å². The zero-order valence-corrected chi connectivity index (χ0v) is 9.71. The minimum absolute atomic E-state index is 0.00130. The van der Waals surface area contributed by atoms with Crippen molar-refractivity contribution in [3.63, 3.8) is 0 Å². The number of amides is 1. The van der Waals surface area contributed by atoms with E-state index in [1.165, 1.54) is 7.11 Å². The summed E-state index contributed by atoms with van der Waals surface area (Å²) >= 11 is 0. The van der Waals surface area contributed by atoms with Crippen molar-refractivity contribution in [3.8, 4) is 0 Å². The van der Waals surface area contributed by atoms with Crippen molar-refractivity contribution in [1.29, 1.82) is 0 Å². The molecule has 0 aliphatic rings. The van der Waals surface area contributed by atoms with Crippen LogP contribution in [0.3, 0.4) is 0 Å². The third-order valence-corrected chi connectivity index (χ3v) is 2.37. The summed E-state index contributed by atoms with van der Waals surface area (Å²) < 4.78 is 10.1. The largest absolute Gasteiger partial charge is 0.394 e. The Morgan fingerprint density at radius 3 is 2.60 bits per heavy atom. The number of ether oxygens (including phenoxy) is 2. The first-order chi connectivity index (χ1) is 7.10. The molecule has 0 saturated heterocycles. The van der Waals surface area contributed by atoms with Gasteiger partial charge in [-0.3, -0.25) is 4.79 Å². The first kappa shape index (κ1) is 14.3. The Labute approximate surface area is 90.8 Å². The van der Waals surface area contributed by atoms with Crippen molar-refractivity contribution in [2.75, 3.05) is 33.5 Å². The smallest absolute Gasteiger partial charge is 0.252 e. The summed E-state index contributed by atoms with van der Waals surface area (Å²) in [5.41, 5.74) is -0.767. The van der Waals surface area contributed by atoms with E-state index in [9.17, 15) is 4.79 Å². The van der Waals surface area contributed by atoms with Gasteiger partial charge in [-0.15, -0.1) is 0 Å². The van der Waals surface area contributed by atoms with Gasteiger partial charge in [0, 0.05) is 13.7 Å². The highest BCUT2D eigenvalue weighted by Crippen LogP contribution is 2.13. The fraction of sp³-hybridized carbons (Fsp3) is 0.900. The van der Waals surface area contributed by atoms with Gasteiger partial charge in [0.1, 0.15) is 5.60 Å². The number of hydrogen-bond donors (Lipinski definition) is 2. The lowest BCUT2D eigenvalue weighted by atomic mass is 10.0. The molecule has 0 saturated carbocycles. The van der Waals surface area contributed by atoms with E-state index in [2.05, 4.69) is 5.32 Å². The van der Waals surface area contributed by atoms with Crippen molar-refractivity contribution in [2.45, 2.75) is 25.9 Å². The molecule has 0 aromatic carbocycles. The van der Waals surface area contributed by atoms with E-state index in [1.807, 2.05) is 6.92 Å². The standard InChI is InChI=1S/C10H21NO4/c1-4-10(2,14-3)9(13)11-5-7-15-8-6-12/h12H,4-8H2,1-3H3,(H,11,13). The topological polar surface area (TPSA) is 67.8 Å². The average molecular weight is 219 g/mol. The second-order valence-corrected chi connectivity index (χ2v) is 3.38. The summed E-state index contributed by atoms with van der Waals surface area (Å²) in [5.74, 6) is -0.139. The second-order valence-electron chi connectivity index (χ2n) is 3.38. The van der Waals surface area contributed by atoms with Crippen molar-refractivity contribution in [2.24, 2.45) is 0 Å². The van der Waals surface area contributed by atoms with Gasteiger partial charge in [0.05, 0.1) is 19.8 Å². The van der Waals surface area contributed by atoms with Crippen LogP contribution >= 0.6 is 0 Å². The number of rotatable bonds is 8. The summed E-state index contributed by atoms with van der Waals surface area (Å²) in [4.78, 5) is 11.6. The van der Waals surface area contributed by atoms with Crippen LogP contribution in [0.25, 0.3) is 0 Å². The average Bonchev–Trinajstić information content (AvgIpc) is 2.27. The predicted molar refractivity (Wildman–Crippen MR) is 56.6 cm³/mol. The van der Waals surface area contributed by atoms with Crippen molar-refractivity contribution in [1.82, 2.24) is 5.32 Å². The fourth-order valence-corrected chi connectivity index (χ4v) is 0.988. The fourth-order valence-electron chi connectivity index (χ4n) is 0.988. The second kappa shape index (κ2) is 7.62. The van der Waals surface area contributed by atoms with Gasteiger partial charge in [-0.1, -0.05) is 6.92 Å². The van der Waals surface area contributed by atoms with Crippen LogP contribution in [-0.4, -0.2) is 50.1 Å². The van der Waals surface area contributed by atoms with Crippen LogP contribution in [0.1, 0.15) is 20.3 Å². The van der Waals surface area contributed by atoms with Crippen molar-refractivity contribution in [3.05, 3.63) is 0 Å². The van der Waals surface area contributed by atoms with Crippen molar-refractivity contribution >= 4 is 5.91 Å². The minimum Gasteiger partial charge on any atom is -0.394 e. The first-order valence-electron chi connectivity index (χ1n) is 5.12. The summed E-state index contributed by atoms with van der Waals surface area (Å²) in [5, 5.41) is 11.2. The van der Waals surface area contributed by atoms with E-state index in [1.54, 1.807) is 6.92 Å². The van der Waals surface area contributed by atoms with E-state index >= 15 is 0 Å². The molecule has 0 rings (SSSR count). The zero-order valence-electron chi connectivity index (χ0n) is 9.71. The molecule has 0 bridgehead atoms. The molecule has 1 atom stereocenters. The van der Waals surface area contributed by atoms with Gasteiger partial charge in [0.2, 0.25) is 0 Å². The molecule has 5 heteroatoms. The molecule has 1 unspecified atom stereocenters. The Balaban J connectivity index is 3.73. The van der Waals surface area contributed by atoms with Gasteiger partial charge in [-0.05, 0) is 13.3 Å². The third kappa shape index (κ3) is 5.11. The Morgan fingerprint density at radius 1 is 1.47 bits per heavy atom. The van der Waals surface area contributed by atoms with Gasteiger partial charge in [-0.25, -0.2) is 0 Å². The molecular weight excluding hydrogens is 198 g/mol. The third-order valence-electron chi connectivity index (χ3n) is 2.37. The lowest BCUT2D eigenvalue weighted by molar-refractivity contribution is -0.142. The number of nitrogens with one attached hydrogen (secondary N) is 1. The Hall–Kier alpha value is -0.650. The molecule has 1 amide bonds. The number of aliphatic hydroxyl groups is 1. The normalized spacial score (nSPS) is 14.7. The Bertz CT molecular complexity index is 180. The lowest BCUT2D eigenvalue weighted by Crippen LogP contribution is -2.46. The predicted octanol–water partition coefficient (Wildman–Crippen LogP) is -0.0734. The van der Waals surface area contributed by atoms with Crippen LogP contribution in [0, 0.1) is 0 Å². The van der Waals surface area contributed by atoms with E-state index in [4.69, 9.17) is 14.6 Å². The van der Waals surface area contributed by atoms with E-state index < -0.39 is 5.60 Å². The Morgan fingerprint density at radius 2 is 2.13 bits per heavy atom. The Kier molecular flexibility index (Phi) is 7.29. The molecule has 0 aliphatic carbocycles. The number of aliphatic hydroxyl groups excluding tert-OH is 1. The van der Waals surface area contributed by atoms with Gasteiger partial charge < -0.3 is 19.9 Å². The minimum atomic E-state index is -0.767. The summed E-state index contributed by atoms with van der Waals surface area (Å²) in [7, 11) is 1.52. The van der Waals surface area contributed by atoms with Gasteiger partial charge >= 0.3 is 0 Å². The maximum absolute atomic E-state index is 11.6. The molecule has 0 radical (unpaired) electrons. The van der Waals surface area contributed by atoms with E-state index in [-0.39, 0.29) is 12.5 Å². The SMILES string of the molecule is CCC(C)(OC)C(=O)NCCOCCO. The summed E-state index contributed by atoms with van der Waals surface area (Å²) in [6.45, 7) is 4.76. The number of methoxy groups -OCH3 is 1. The molecule has 0 spiro atoms. The van der Waals surface area contributed by atoms with Crippen LogP contribution in [0.2, 0.25) is 0 Å².